The quantitative estimate of drug-likeness (QED) is 0.138. The molecule has 10 heteroatoms. The number of carbonyl (C=O) groups excluding carboxylic acids is 2. The van der Waals surface area contributed by atoms with E-state index in [2.05, 4.69) is 63.5 Å². The number of likely N-dealkylation sites (tertiary alicyclic amines) is 2. The Kier molecular flexibility index (Phi) is 9.11. The third kappa shape index (κ3) is 6.52. The van der Waals surface area contributed by atoms with E-state index in [-0.39, 0.29) is 29.9 Å². The van der Waals surface area contributed by atoms with Gasteiger partial charge in [0.2, 0.25) is 5.91 Å². The summed E-state index contributed by atoms with van der Waals surface area (Å²) in [6.07, 6.45) is 9.21. The maximum atomic E-state index is 13.9. The Morgan fingerprint density at radius 2 is 1.20 bits per heavy atom. The fourth-order valence-electron chi connectivity index (χ4n) is 8.46. The molecule has 2 saturated heterocycles. The number of amides is 2. The number of imidazole rings is 2. The summed E-state index contributed by atoms with van der Waals surface area (Å²) in [5.74, 6) is 1.79. The van der Waals surface area contributed by atoms with Crippen molar-refractivity contribution in [3.63, 3.8) is 0 Å². The second kappa shape index (κ2) is 14.5. The molecule has 0 spiro atoms. The number of hydrogen-bond acceptors (Lipinski definition) is 5. The Bertz CT molecular complexity index is 2440. The predicted octanol–water partition coefficient (Wildman–Crippen LogP) is 8.56. The molecular formula is C45H44N8O2. The summed E-state index contributed by atoms with van der Waals surface area (Å²) in [6, 6.07) is 34.4. The first-order valence-corrected chi connectivity index (χ1v) is 19.1. The first-order valence-electron chi connectivity index (χ1n) is 19.1. The molecule has 3 N–H and O–H groups in total. The maximum Gasteiger partial charge on any atom is 0.256 e. The van der Waals surface area contributed by atoms with Gasteiger partial charge in [-0.25, -0.2) is 9.97 Å². The highest BCUT2D eigenvalue weighted by Gasteiger charge is 2.37. The predicted molar refractivity (Wildman–Crippen MR) is 215 cm³/mol. The topological polar surface area (TPSA) is 117 Å². The van der Waals surface area contributed by atoms with E-state index in [1.54, 1.807) is 0 Å². The van der Waals surface area contributed by atoms with Crippen molar-refractivity contribution >= 4 is 22.7 Å². The Balaban J connectivity index is 0.867. The number of H-pyrrole nitrogens is 3. The van der Waals surface area contributed by atoms with Crippen LogP contribution in [-0.2, 0) is 4.79 Å². The molecule has 0 bridgehead atoms. The molecule has 276 valence electrons. The number of nitrogens with one attached hydrogen (secondary N) is 3. The van der Waals surface area contributed by atoms with Crippen molar-refractivity contribution in [1.82, 2.24) is 39.6 Å². The summed E-state index contributed by atoms with van der Waals surface area (Å²) >= 11 is 0. The van der Waals surface area contributed by atoms with E-state index >= 15 is 0 Å². The molecular weight excluding hydrogens is 685 g/mol. The van der Waals surface area contributed by atoms with E-state index in [4.69, 9.17) is 9.97 Å². The van der Waals surface area contributed by atoms with E-state index < -0.39 is 0 Å². The standard InChI is InChI=1S/C45H44N8O2/c1-51(2)41(33-10-4-3-5-11-33)45(55)53-25-9-15-40(53)43-48-28-38(50-43)32-22-18-30(19-23-32)29-16-20-31(21-17-29)37-27-47-42(49-37)39-14-8-24-52(39)44(54)35-26-46-36-13-7-6-12-34(35)36/h3-7,10-13,16-23,26-28,39-41,46H,8-9,14-15,24-25H2,1-2H3,(H,47,49)(H,48,50)/t39-,40-,41+/m0/s1. The number of aromatic nitrogens is 5. The van der Waals surface area contributed by atoms with Gasteiger partial charge in [0.1, 0.15) is 17.7 Å². The van der Waals surface area contributed by atoms with Gasteiger partial charge in [-0.05, 0) is 73.7 Å². The Morgan fingerprint density at radius 1 is 0.673 bits per heavy atom. The minimum absolute atomic E-state index is 0.0334. The summed E-state index contributed by atoms with van der Waals surface area (Å²) in [5, 5.41) is 0.946. The van der Waals surface area contributed by atoms with Crippen LogP contribution in [0.15, 0.2) is 122 Å². The van der Waals surface area contributed by atoms with Crippen LogP contribution in [0.5, 0.6) is 0 Å². The highest BCUT2D eigenvalue weighted by atomic mass is 16.2. The fraction of sp³-hybridized carbons (Fsp3) is 0.244. The fourth-order valence-corrected chi connectivity index (χ4v) is 8.46. The lowest BCUT2D eigenvalue weighted by atomic mass is 10.0. The maximum absolute atomic E-state index is 13.9. The van der Waals surface area contributed by atoms with E-state index in [1.807, 2.05) is 102 Å². The van der Waals surface area contributed by atoms with Crippen LogP contribution in [0.1, 0.15) is 71.4 Å². The van der Waals surface area contributed by atoms with Gasteiger partial charge in [-0.15, -0.1) is 0 Å². The molecule has 5 heterocycles. The molecule has 4 aromatic carbocycles. The van der Waals surface area contributed by atoms with Crippen molar-refractivity contribution in [2.24, 2.45) is 0 Å². The number of aromatic amines is 3. The van der Waals surface area contributed by atoms with Crippen LogP contribution in [0.4, 0.5) is 0 Å². The molecule has 0 aliphatic carbocycles. The molecule has 2 fully saturated rings. The Hall–Kier alpha value is -6.26. The van der Waals surface area contributed by atoms with Crippen molar-refractivity contribution in [3.8, 4) is 33.6 Å². The molecule has 0 radical (unpaired) electrons. The normalized spacial score (nSPS) is 17.7. The van der Waals surface area contributed by atoms with Crippen molar-refractivity contribution < 1.29 is 9.59 Å². The molecule has 9 rings (SSSR count). The molecule has 2 amide bonds. The third-order valence-corrected chi connectivity index (χ3v) is 11.3. The minimum atomic E-state index is -0.341. The number of rotatable bonds is 9. The first-order chi connectivity index (χ1) is 26.9. The van der Waals surface area contributed by atoms with Crippen LogP contribution in [0, 0.1) is 0 Å². The SMILES string of the molecule is CN(C)[C@@H](C(=O)N1CCC[C@H]1c1ncc(-c2ccc(-c3ccc(-c4cnc([C@@H]5CCCN5C(=O)c5c[nH]c6ccccc56)[nH]4)cc3)cc2)[nH]1)c1ccccc1. The van der Waals surface area contributed by atoms with Gasteiger partial charge in [0, 0.05) is 30.2 Å². The second-order valence-corrected chi connectivity index (χ2v) is 14.9. The van der Waals surface area contributed by atoms with Crippen LogP contribution in [-0.4, -0.2) is 78.6 Å². The average molecular weight is 729 g/mol. The van der Waals surface area contributed by atoms with Gasteiger partial charge in [-0.3, -0.25) is 14.5 Å². The molecule has 0 unspecified atom stereocenters. The first kappa shape index (κ1) is 34.5. The summed E-state index contributed by atoms with van der Waals surface area (Å²) in [7, 11) is 3.92. The highest BCUT2D eigenvalue weighted by molar-refractivity contribution is 6.06. The average Bonchev–Trinajstić information content (AvgIpc) is 4.07. The number of fused-ring (bicyclic) bond motifs is 1. The molecule has 7 aromatic rings. The van der Waals surface area contributed by atoms with Gasteiger partial charge in [-0.1, -0.05) is 97.1 Å². The lowest BCUT2D eigenvalue weighted by Gasteiger charge is -2.31. The van der Waals surface area contributed by atoms with Gasteiger partial charge < -0.3 is 24.8 Å². The van der Waals surface area contributed by atoms with Crippen LogP contribution < -0.4 is 0 Å². The van der Waals surface area contributed by atoms with Crippen molar-refractivity contribution in [3.05, 3.63) is 144 Å². The smallest absolute Gasteiger partial charge is 0.256 e. The van der Waals surface area contributed by atoms with E-state index in [0.29, 0.717) is 12.1 Å². The molecule has 3 atom stereocenters. The number of nitrogens with zero attached hydrogens (tertiary/aromatic N) is 5. The van der Waals surface area contributed by atoms with E-state index in [0.717, 1.165) is 94.0 Å². The van der Waals surface area contributed by atoms with Gasteiger partial charge in [0.05, 0.1) is 41.4 Å². The van der Waals surface area contributed by atoms with Gasteiger partial charge in [-0.2, -0.15) is 0 Å². The van der Waals surface area contributed by atoms with Gasteiger partial charge in [0.25, 0.3) is 5.91 Å². The van der Waals surface area contributed by atoms with E-state index in [9.17, 15) is 9.59 Å². The number of hydrogen-bond donors (Lipinski definition) is 3. The molecule has 0 saturated carbocycles. The second-order valence-electron chi connectivity index (χ2n) is 14.9. The zero-order chi connectivity index (χ0) is 37.5. The molecule has 10 nitrogen and oxygen atoms in total. The zero-order valence-electron chi connectivity index (χ0n) is 31.1. The lowest BCUT2D eigenvalue weighted by molar-refractivity contribution is -0.137. The molecule has 3 aromatic heterocycles. The summed E-state index contributed by atoms with van der Waals surface area (Å²) in [5.41, 5.74) is 8.83. The molecule has 2 aliphatic rings. The van der Waals surface area contributed by atoms with Crippen molar-refractivity contribution in [2.75, 3.05) is 27.2 Å². The van der Waals surface area contributed by atoms with Gasteiger partial charge in [0.15, 0.2) is 0 Å². The lowest BCUT2D eigenvalue weighted by Crippen LogP contribution is -2.40. The summed E-state index contributed by atoms with van der Waals surface area (Å²) < 4.78 is 0. The van der Waals surface area contributed by atoms with Gasteiger partial charge >= 0.3 is 0 Å². The van der Waals surface area contributed by atoms with Crippen molar-refractivity contribution in [2.45, 2.75) is 43.8 Å². The highest BCUT2D eigenvalue weighted by Crippen LogP contribution is 2.37. The van der Waals surface area contributed by atoms with E-state index in [1.165, 1.54) is 0 Å². The number of carbonyl (C=O) groups is 2. The number of likely N-dealkylation sites (N-methyl/N-ethyl adjacent to an activating group) is 1. The Morgan fingerprint density at radius 3 is 1.80 bits per heavy atom. The zero-order valence-corrected chi connectivity index (χ0v) is 31.1. The number of para-hydroxylation sites is 1. The van der Waals surface area contributed by atoms with Crippen LogP contribution in [0.25, 0.3) is 44.5 Å². The molecule has 2 aliphatic heterocycles. The van der Waals surface area contributed by atoms with Crippen LogP contribution in [0.2, 0.25) is 0 Å². The van der Waals surface area contributed by atoms with Crippen molar-refractivity contribution in [1.29, 1.82) is 0 Å². The largest absolute Gasteiger partial charge is 0.360 e. The molecule has 55 heavy (non-hydrogen) atoms. The van der Waals surface area contributed by atoms with Crippen LogP contribution in [0.3, 0.4) is 0 Å². The summed E-state index contributed by atoms with van der Waals surface area (Å²) in [6.45, 7) is 1.43. The third-order valence-electron chi connectivity index (χ3n) is 11.3. The summed E-state index contributed by atoms with van der Waals surface area (Å²) in [4.78, 5) is 53.3. The minimum Gasteiger partial charge on any atom is -0.360 e. The number of benzene rings is 4. The van der Waals surface area contributed by atoms with Crippen LogP contribution >= 0.6 is 0 Å². The monoisotopic (exact) mass is 728 g/mol. The Labute approximate surface area is 320 Å².